The number of anilines is 2. The van der Waals surface area contributed by atoms with Crippen molar-refractivity contribution >= 4 is 24.0 Å². The van der Waals surface area contributed by atoms with Gasteiger partial charge in [-0.2, -0.15) is 12.6 Å². The summed E-state index contributed by atoms with van der Waals surface area (Å²) in [6, 6.07) is 2.07. The molecule has 2 nitrogen and oxygen atoms in total. The van der Waals surface area contributed by atoms with E-state index in [-0.39, 0.29) is 0 Å². The van der Waals surface area contributed by atoms with Crippen LogP contribution in [0.5, 0.6) is 0 Å². The molecular weight excluding hydrogens is 192 g/mol. The summed E-state index contributed by atoms with van der Waals surface area (Å²) in [5, 5.41) is 0. The number of nitrogens with two attached hydrogens (primary N) is 2. The van der Waals surface area contributed by atoms with E-state index in [1.54, 1.807) is 0 Å². The van der Waals surface area contributed by atoms with Gasteiger partial charge < -0.3 is 11.5 Å². The van der Waals surface area contributed by atoms with Crippen molar-refractivity contribution in [3.63, 3.8) is 0 Å². The first-order valence-corrected chi connectivity index (χ1v) is 5.58. The van der Waals surface area contributed by atoms with Crippen LogP contribution in [0.15, 0.2) is 6.07 Å². The lowest BCUT2D eigenvalue weighted by Crippen LogP contribution is -2.06. The van der Waals surface area contributed by atoms with Crippen LogP contribution in [0.3, 0.4) is 0 Å². The van der Waals surface area contributed by atoms with Crippen molar-refractivity contribution in [3.8, 4) is 0 Å². The van der Waals surface area contributed by atoms with E-state index in [1.165, 1.54) is 5.56 Å². The predicted molar refractivity (Wildman–Crippen MR) is 66.7 cm³/mol. The lowest BCUT2D eigenvalue weighted by Gasteiger charge is -2.15. The molecule has 0 saturated heterocycles. The number of benzene rings is 1. The second kappa shape index (κ2) is 4.60. The molecule has 0 aromatic heterocycles. The molecule has 0 atom stereocenters. The van der Waals surface area contributed by atoms with Gasteiger partial charge in [0.1, 0.15) is 0 Å². The van der Waals surface area contributed by atoms with Gasteiger partial charge in [0.2, 0.25) is 0 Å². The average Bonchev–Trinajstić information content (AvgIpc) is 2.19. The first-order valence-electron chi connectivity index (χ1n) is 4.95. The molecule has 0 bridgehead atoms. The van der Waals surface area contributed by atoms with Crippen LogP contribution in [0.2, 0.25) is 0 Å². The molecule has 14 heavy (non-hydrogen) atoms. The summed E-state index contributed by atoms with van der Waals surface area (Å²) < 4.78 is 0. The normalized spacial score (nSPS) is 10.5. The number of rotatable bonds is 3. The van der Waals surface area contributed by atoms with Crippen LogP contribution < -0.4 is 11.5 Å². The Bertz CT molecular complexity index is 306. The van der Waals surface area contributed by atoms with Crippen molar-refractivity contribution in [2.75, 3.05) is 11.5 Å². The summed E-state index contributed by atoms with van der Waals surface area (Å²) in [5.41, 5.74) is 17.1. The second-order valence-electron chi connectivity index (χ2n) is 3.37. The van der Waals surface area contributed by atoms with Gasteiger partial charge in [0.25, 0.3) is 0 Å². The van der Waals surface area contributed by atoms with Crippen LogP contribution in [0, 0.1) is 0 Å². The van der Waals surface area contributed by atoms with E-state index in [0.29, 0.717) is 5.75 Å². The van der Waals surface area contributed by atoms with Crippen molar-refractivity contribution in [2.45, 2.75) is 32.4 Å². The molecular formula is C11H18N2S. The Hall–Kier alpha value is -0.830. The van der Waals surface area contributed by atoms with Crippen LogP contribution in [-0.2, 0) is 18.6 Å². The first kappa shape index (κ1) is 11.2. The second-order valence-corrected chi connectivity index (χ2v) is 3.68. The Labute approximate surface area is 91.1 Å². The summed E-state index contributed by atoms with van der Waals surface area (Å²) in [6.07, 6.45) is 1.83. The van der Waals surface area contributed by atoms with Gasteiger partial charge in [0, 0.05) is 17.1 Å². The third kappa shape index (κ3) is 1.82. The van der Waals surface area contributed by atoms with Gasteiger partial charge in [0.15, 0.2) is 0 Å². The largest absolute Gasteiger partial charge is 0.398 e. The highest BCUT2D eigenvalue weighted by Gasteiger charge is 2.10. The molecule has 0 aliphatic carbocycles. The molecule has 0 heterocycles. The van der Waals surface area contributed by atoms with E-state index < -0.39 is 0 Å². The van der Waals surface area contributed by atoms with E-state index in [4.69, 9.17) is 11.5 Å². The summed E-state index contributed by atoms with van der Waals surface area (Å²) in [4.78, 5) is 0. The highest BCUT2D eigenvalue weighted by Crippen LogP contribution is 2.29. The standard InChI is InChI=1S/C11H18N2S/c1-3-7-5-8(6-14)11(13)9(4-2)10(7)12/h5,14H,3-4,6,12-13H2,1-2H3. The third-order valence-electron chi connectivity index (χ3n) is 2.60. The first-order chi connectivity index (χ1) is 6.65. The molecule has 0 fully saturated rings. The summed E-state index contributed by atoms with van der Waals surface area (Å²) in [6.45, 7) is 4.17. The van der Waals surface area contributed by atoms with Gasteiger partial charge in [-0.05, 0) is 29.5 Å². The minimum absolute atomic E-state index is 0.673. The molecule has 0 spiro atoms. The zero-order chi connectivity index (χ0) is 10.7. The molecule has 0 aliphatic heterocycles. The number of hydrogen-bond donors (Lipinski definition) is 3. The number of nitrogen functional groups attached to an aromatic ring is 2. The van der Waals surface area contributed by atoms with Crippen molar-refractivity contribution in [2.24, 2.45) is 0 Å². The van der Waals surface area contributed by atoms with Gasteiger partial charge in [-0.1, -0.05) is 19.9 Å². The lowest BCUT2D eigenvalue weighted by atomic mass is 9.98. The van der Waals surface area contributed by atoms with Crippen LogP contribution in [0.25, 0.3) is 0 Å². The van der Waals surface area contributed by atoms with Crippen LogP contribution >= 0.6 is 12.6 Å². The van der Waals surface area contributed by atoms with Crippen molar-refractivity contribution < 1.29 is 0 Å². The van der Waals surface area contributed by atoms with E-state index in [2.05, 4.69) is 32.5 Å². The molecule has 3 heteroatoms. The van der Waals surface area contributed by atoms with Gasteiger partial charge in [-0.3, -0.25) is 0 Å². The zero-order valence-electron chi connectivity index (χ0n) is 8.80. The Morgan fingerprint density at radius 2 is 1.64 bits per heavy atom. The van der Waals surface area contributed by atoms with E-state index in [1.807, 2.05) is 0 Å². The maximum Gasteiger partial charge on any atom is 0.0408 e. The Morgan fingerprint density at radius 1 is 1.07 bits per heavy atom. The molecule has 1 aromatic rings. The van der Waals surface area contributed by atoms with Crippen molar-refractivity contribution in [3.05, 3.63) is 22.8 Å². The molecule has 0 unspecified atom stereocenters. The quantitative estimate of drug-likeness (QED) is 0.530. The molecule has 0 radical (unpaired) electrons. The van der Waals surface area contributed by atoms with Gasteiger partial charge >= 0.3 is 0 Å². The molecule has 0 aliphatic rings. The molecule has 78 valence electrons. The van der Waals surface area contributed by atoms with Crippen molar-refractivity contribution in [1.29, 1.82) is 0 Å². The Balaban J connectivity index is 3.39. The Morgan fingerprint density at radius 3 is 2.07 bits per heavy atom. The van der Waals surface area contributed by atoms with Gasteiger partial charge in [-0.25, -0.2) is 0 Å². The monoisotopic (exact) mass is 210 g/mol. The Kier molecular flexibility index (Phi) is 3.69. The maximum absolute atomic E-state index is 6.02. The highest BCUT2D eigenvalue weighted by atomic mass is 32.1. The third-order valence-corrected chi connectivity index (χ3v) is 2.94. The minimum atomic E-state index is 0.673. The highest BCUT2D eigenvalue weighted by molar-refractivity contribution is 7.79. The molecule has 1 rings (SSSR count). The van der Waals surface area contributed by atoms with E-state index in [0.717, 1.165) is 35.3 Å². The maximum atomic E-state index is 6.02. The van der Waals surface area contributed by atoms with E-state index >= 15 is 0 Å². The SMILES string of the molecule is CCc1cc(CS)c(N)c(CC)c1N. The van der Waals surface area contributed by atoms with Gasteiger partial charge in [-0.15, -0.1) is 0 Å². The topological polar surface area (TPSA) is 52.0 Å². The van der Waals surface area contributed by atoms with Gasteiger partial charge in [0.05, 0.1) is 0 Å². The number of aryl methyl sites for hydroxylation is 1. The van der Waals surface area contributed by atoms with Crippen LogP contribution in [0.1, 0.15) is 30.5 Å². The summed E-state index contributed by atoms with van der Waals surface area (Å²) >= 11 is 4.27. The zero-order valence-corrected chi connectivity index (χ0v) is 9.70. The lowest BCUT2D eigenvalue weighted by molar-refractivity contribution is 1.09. The smallest absolute Gasteiger partial charge is 0.0408 e. The van der Waals surface area contributed by atoms with Crippen LogP contribution in [0.4, 0.5) is 11.4 Å². The fourth-order valence-corrected chi connectivity index (χ4v) is 1.96. The molecule has 0 amide bonds. The number of thiol groups is 1. The van der Waals surface area contributed by atoms with Crippen LogP contribution in [-0.4, -0.2) is 0 Å². The fourth-order valence-electron chi connectivity index (χ4n) is 1.70. The van der Waals surface area contributed by atoms with Crippen molar-refractivity contribution in [1.82, 2.24) is 0 Å². The summed E-state index contributed by atoms with van der Waals surface area (Å²) in [7, 11) is 0. The average molecular weight is 210 g/mol. The molecule has 1 aromatic carbocycles. The number of hydrogen-bond acceptors (Lipinski definition) is 3. The van der Waals surface area contributed by atoms with E-state index in [9.17, 15) is 0 Å². The minimum Gasteiger partial charge on any atom is -0.398 e. The molecule has 4 N–H and O–H groups in total. The fraction of sp³-hybridized carbons (Fsp3) is 0.455. The predicted octanol–water partition coefficient (Wildman–Crippen LogP) is 2.41. The molecule has 0 saturated carbocycles. The summed E-state index contributed by atoms with van der Waals surface area (Å²) in [5.74, 6) is 0.673.